The van der Waals surface area contributed by atoms with Crippen LogP contribution in [0.1, 0.15) is 37.3 Å². The minimum absolute atomic E-state index is 0.0385. The summed E-state index contributed by atoms with van der Waals surface area (Å²) in [5.41, 5.74) is 1.65. The molecule has 9 nitrogen and oxygen atoms in total. The van der Waals surface area contributed by atoms with Crippen molar-refractivity contribution in [2.24, 2.45) is 5.92 Å². The number of anilines is 1. The molecule has 0 aromatic heterocycles. The summed E-state index contributed by atoms with van der Waals surface area (Å²) in [5.74, 6) is -0.250. The topological polar surface area (TPSA) is 112 Å². The number of carboxylic acids is 1. The summed E-state index contributed by atoms with van der Waals surface area (Å²) in [6, 6.07) is 11.9. The summed E-state index contributed by atoms with van der Waals surface area (Å²) in [4.78, 5) is 28.4. The molecular formula is C26H31N3O6. The Morgan fingerprint density at radius 1 is 1.09 bits per heavy atom. The number of carbonyl (C=O) groups is 2. The van der Waals surface area contributed by atoms with Crippen molar-refractivity contribution >= 4 is 17.7 Å². The third kappa shape index (κ3) is 6.15. The molecule has 1 aliphatic rings. The van der Waals surface area contributed by atoms with Gasteiger partial charge in [0, 0.05) is 30.4 Å². The number of amides is 2. The van der Waals surface area contributed by atoms with Gasteiger partial charge in [-0.2, -0.15) is 5.26 Å². The van der Waals surface area contributed by atoms with E-state index in [2.05, 4.69) is 13.0 Å². The quantitative estimate of drug-likeness (QED) is 0.477. The number of nitrogens with zero attached hydrogens (tertiary/aromatic N) is 3. The molecule has 2 aromatic carbocycles. The summed E-state index contributed by atoms with van der Waals surface area (Å²) >= 11 is 0. The molecule has 1 heterocycles. The first-order valence-corrected chi connectivity index (χ1v) is 11.6. The molecule has 0 radical (unpaired) electrons. The van der Waals surface area contributed by atoms with Gasteiger partial charge in [0.15, 0.2) is 11.5 Å². The van der Waals surface area contributed by atoms with Crippen LogP contribution in [0.4, 0.5) is 10.5 Å². The lowest BCUT2D eigenvalue weighted by atomic mass is 10.0. The van der Waals surface area contributed by atoms with E-state index in [1.165, 1.54) is 16.9 Å². The SMILES string of the molecule is CCCCCOc1cc(N2CC(C(=O)O)CN(Cc3ccc(C#N)cc3OC)C2=O)ccc1OC. The maximum atomic E-state index is 13.5. The summed E-state index contributed by atoms with van der Waals surface area (Å²) < 4.78 is 16.7. The van der Waals surface area contributed by atoms with Gasteiger partial charge in [-0.05, 0) is 30.7 Å². The second-order valence-electron chi connectivity index (χ2n) is 8.34. The molecule has 2 amide bonds. The highest BCUT2D eigenvalue weighted by molar-refractivity contribution is 5.94. The maximum Gasteiger partial charge on any atom is 0.324 e. The number of methoxy groups -OCH3 is 2. The number of ether oxygens (including phenoxy) is 3. The number of benzene rings is 2. The van der Waals surface area contributed by atoms with Gasteiger partial charge in [0.05, 0.1) is 44.9 Å². The summed E-state index contributed by atoms with van der Waals surface area (Å²) in [6.45, 7) is 2.87. The zero-order valence-corrected chi connectivity index (χ0v) is 20.3. The number of hydrogen-bond acceptors (Lipinski definition) is 6. The zero-order chi connectivity index (χ0) is 25.4. The molecule has 1 atom stereocenters. The number of unbranched alkanes of at least 4 members (excludes halogenated alkanes) is 2. The number of carboxylic acid groups (broad SMARTS) is 1. The summed E-state index contributed by atoms with van der Waals surface area (Å²) in [7, 11) is 3.04. The van der Waals surface area contributed by atoms with Crippen molar-refractivity contribution in [3.63, 3.8) is 0 Å². The smallest absolute Gasteiger partial charge is 0.324 e. The van der Waals surface area contributed by atoms with Crippen LogP contribution in [-0.4, -0.2) is 55.9 Å². The van der Waals surface area contributed by atoms with Gasteiger partial charge in [-0.3, -0.25) is 9.69 Å². The van der Waals surface area contributed by atoms with E-state index in [1.54, 1.807) is 43.5 Å². The number of rotatable bonds is 11. The first-order chi connectivity index (χ1) is 16.9. The molecule has 0 aliphatic carbocycles. The van der Waals surface area contributed by atoms with Crippen molar-refractivity contribution in [3.8, 4) is 23.3 Å². The molecule has 1 saturated heterocycles. The molecule has 1 unspecified atom stereocenters. The van der Waals surface area contributed by atoms with E-state index in [0.29, 0.717) is 40.7 Å². The van der Waals surface area contributed by atoms with E-state index in [1.807, 2.05) is 0 Å². The van der Waals surface area contributed by atoms with E-state index in [-0.39, 0.29) is 25.7 Å². The molecule has 0 saturated carbocycles. The third-order valence-electron chi connectivity index (χ3n) is 5.94. The van der Waals surface area contributed by atoms with Crippen LogP contribution in [0.15, 0.2) is 36.4 Å². The first kappa shape index (κ1) is 25.7. The Morgan fingerprint density at radius 3 is 2.51 bits per heavy atom. The molecule has 1 aliphatic heterocycles. The van der Waals surface area contributed by atoms with Gasteiger partial charge >= 0.3 is 12.0 Å². The molecule has 1 fully saturated rings. The molecule has 35 heavy (non-hydrogen) atoms. The maximum absolute atomic E-state index is 13.5. The fourth-order valence-corrected chi connectivity index (χ4v) is 4.01. The van der Waals surface area contributed by atoms with Crippen molar-refractivity contribution in [3.05, 3.63) is 47.5 Å². The van der Waals surface area contributed by atoms with Gasteiger partial charge in [-0.1, -0.05) is 25.8 Å². The molecule has 9 heteroatoms. The predicted octanol–water partition coefficient (Wildman–Crippen LogP) is 4.29. The predicted molar refractivity (Wildman–Crippen MR) is 130 cm³/mol. The van der Waals surface area contributed by atoms with Gasteiger partial charge in [0.2, 0.25) is 0 Å². The van der Waals surface area contributed by atoms with E-state index in [0.717, 1.165) is 19.3 Å². The Labute approximate surface area is 205 Å². The van der Waals surface area contributed by atoms with Crippen LogP contribution >= 0.6 is 0 Å². The van der Waals surface area contributed by atoms with Crippen LogP contribution in [0.5, 0.6) is 17.2 Å². The van der Waals surface area contributed by atoms with Crippen molar-refractivity contribution in [1.82, 2.24) is 4.90 Å². The molecular weight excluding hydrogens is 450 g/mol. The second-order valence-corrected chi connectivity index (χ2v) is 8.34. The Morgan fingerprint density at radius 2 is 1.86 bits per heavy atom. The van der Waals surface area contributed by atoms with Crippen molar-refractivity contribution < 1.29 is 28.9 Å². The highest BCUT2D eigenvalue weighted by Gasteiger charge is 2.37. The van der Waals surface area contributed by atoms with Crippen LogP contribution < -0.4 is 19.1 Å². The van der Waals surface area contributed by atoms with E-state index >= 15 is 0 Å². The van der Waals surface area contributed by atoms with Gasteiger partial charge < -0.3 is 24.2 Å². The average Bonchev–Trinajstić information content (AvgIpc) is 2.87. The van der Waals surface area contributed by atoms with Crippen LogP contribution in [0, 0.1) is 17.2 Å². The van der Waals surface area contributed by atoms with Crippen molar-refractivity contribution in [2.45, 2.75) is 32.7 Å². The van der Waals surface area contributed by atoms with E-state index < -0.39 is 11.9 Å². The molecule has 2 aromatic rings. The standard InChI is InChI=1S/C26H31N3O6/c1-4-5-6-11-35-24-13-21(9-10-22(24)33-2)29-17-20(25(30)31)16-28(26(29)32)15-19-8-7-18(14-27)12-23(19)34-3/h7-10,12-13,20H,4-6,11,15-17H2,1-3H3,(H,30,31). The van der Waals surface area contributed by atoms with Crippen LogP contribution in [0.3, 0.4) is 0 Å². The number of carbonyl (C=O) groups excluding carboxylic acids is 1. The second kappa shape index (κ2) is 12.0. The lowest BCUT2D eigenvalue weighted by molar-refractivity contribution is -0.142. The molecule has 1 N–H and O–H groups in total. The monoisotopic (exact) mass is 481 g/mol. The van der Waals surface area contributed by atoms with Crippen molar-refractivity contribution in [1.29, 1.82) is 5.26 Å². The Kier molecular flexibility index (Phi) is 8.79. The average molecular weight is 482 g/mol. The molecule has 0 spiro atoms. The highest BCUT2D eigenvalue weighted by Crippen LogP contribution is 2.34. The summed E-state index contributed by atoms with van der Waals surface area (Å²) in [6.07, 6.45) is 3.01. The fourth-order valence-electron chi connectivity index (χ4n) is 4.01. The normalized spacial score (nSPS) is 15.5. The highest BCUT2D eigenvalue weighted by atomic mass is 16.5. The number of urea groups is 1. The van der Waals surface area contributed by atoms with Gasteiger partial charge in [0.1, 0.15) is 5.75 Å². The van der Waals surface area contributed by atoms with E-state index in [9.17, 15) is 14.7 Å². The zero-order valence-electron chi connectivity index (χ0n) is 20.3. The third-order valence-corrected chi connectivity index (χ3v) is 5.94. The minimum Gasteiger partial charge on any atom is -0.496 e. The van der Waals surface area contributed by atoms with Gasteiger partial charge in [-0.25, -0.2) is 4.79 Å². The molecule has 3 rings (SSSR count). The first-order valence-electron chi connectivity index (χ1n) is 11.6. The fraction of sp³-hybridized carbons (Fsp3) is 0.423. The number of nitriles is 1. The van der Waals surface area contributed by atoms with Crippen LogP contribution in [-0.2, 0) is 11.3 Å². The Hall–Kier alpha value is -3.93. The Bertz CT molecular complexity index is 1100. The summed E-state index contributed by atoms with van der Waals surface area (Å²) in [5, 5.41) is 18.9. The lowest BCUT2D eigenvalue weighted by Gasteiger charge is -2.39. The minimum atomic E-state index is -0.983. The van der Waals surface area contributed by atoms with Gasteiger partial charge in [-0.15, -0.1) is 0 Å². The van der Waals surface area contributed by atoms with Crippen LogP contribution in [0.25, 0.3) is 0 Å². The van der Waals surface area contributed by atoms with Gasteiger partial charge in [0.25, 0.3) is 0 Å². The number of hydrogen-bond donors (Lipinski definition) is 1. The largest absolute Gasteiger partial charge is 0.496 e. The van der Waals surface area contributed by atoms with Crippen LogP contribution in [0.2, 0.25) is 0 Å². The molecule has 186 valence electrons. The van der Waals surface area contributed by atoms with Crippen molar-refractivity contribution in [2.75, 3.05) is 38.8 Å². The Balaban J connectivity index is 1.89. The van der Waals surface area contributed by atoms with E-state index in [4.69, 9.17) is 19.5 Å². The lowest BCUT2D eigenvalue weighted by Crippen LogP contribution is -2.55. The molecule has 0 bridgehead atoms. The number of aliphatic carboxylic acids is 1.